The molecule has 158 valence electrons. The van der Waals surface area contributed by atoms with E-state index in [4.69, 9.17) is 4.74 Å². The molecule has 1 N–H and O–H groups in total. The summed E-state index contributed by atoms with van der Waals surface area (Å²) in [6.45, 7) is 2.18. The molecule has 0 amide bonds. The van der Waals surface area contributed by atoms with Gasteiger partial charge in [-0.2, -0.15) is 0 Å². The molecular weight excluding hydrogens is 384 g/mol. The Bertz CT molecular complexity index is 1210. The van der Waals surface area contributed by atoms with Crippen LogP contribution in [0.5, 0.6) is 11.5 Å². The molecule has 0 aromatic heterocycles. The van der Waals surface area contributed by atoms with Gasteiger partial charge in [-0.3, -0.25) is 4.79 Å². The fourth-order valence-corrected chi connectivity index (χ4v) is 4.16. The second-order valence-electron chi connectivity index (χ2n) is 7.98. The van der Waals surface area contributed by atoms with Crippen molar-refractivity contribution in [2.45, 2.75) is 45.4 Å². The number of phenolic OH excluding ortho intramolecular Hbond substituents is 1. The highest BCUT2D eigenvalue weighted by atomic mass is 16.5. The predicted molar refractivity (Wildman–Crippen MR) is 128 cm³/mol. The topological polar surface area (TPSA) is 46.5 Å². The number of unbranched alkanes of at least 4 members (excludes halogenated alkanes) is 4. The second kappa shape index (κ2) is 9.65. The predicted octanol–water partition coefficient (Wildman–Crippen LogP) is 7.63. The van der Waals surface area contributed by atoms with Gasteiger partial charge in [0.2, 0.25) is 0 Å². The van der Waals surface area contributed by atoms with Crippen LogP contribution >= 0.6 is 0 Å². The average molecular weight is 413 g/mol. The van der Waals surface area contributed by atoms with Gasteiger partial charge in [0, 0.05) is 17.5 Å². The van der Waals surface area contributed by atoms with Crippen LogP contribution in [0.3, 0.4) is 0 Å². The Kier molecular flexibility index (Phi) is 6.51. The van der Waals surface area contributed by atoms with Crippen molar-refractivity contribution >= 4 is 27.5 Å². The molecule has 0 saturated heterocycles. The number of carbonyl (C=O) groups excluding carboxylic acids is 1. The molecule has 4 aromatic rings. The summed E-state index contributed by atoms with van der Waals surface area (Å²) in [5, 5.41) is 14.8. The van der Waals surface area contributed by atoms with E-state index >= 15 is 0 Å². The number of carbonyl (C=O) groups is 1. The Balaban J connectivity index is 1.76. The third kappa shape index (κ3) is 4.56. The van der Waals surface area contributed by atoms with Crippen LogP contribution in [0.25, 0.3) is 32.7 Å². The first-order valence-electron chi connectivity index (χ1n) is 11.1. The standard InChI is InChI=1S/C28H28O3/c1-2-3-4-5-6-15-26(30)31-25-19-17-21-12-8-10-14-23(21)28(25)27-22-13-9-7-11-20(22)16-18-24(27)29/h7-14,16-19,29H,2-6,15H2,1H3. The fraction of sp³-hybridized carbons (Fsp3) is 0.250. The monoisotopic (exact) mass is 412 g/mol. The van der Waals surface area contributed by atoms with Crippen LogP contribution in [0.4, 0.5) is 0 Å². The number of benzene rings is 4. The van der Waals surface area contributed by atoms with E-state index < -0.39 is 0 Å². The zero-order valence-electron chi connectivity index (χ0n) is 17.9. The van der Waals surface area contributed by atoms with Gasteiger partial charge in [-0.1, -0.05) is 93.3 Å². The number of ether oxygens (including phenoxy) is 1. The SMILES string of the molecule is CCCCCCCC(=O)Oc1ccc2ccccc2c1-c1c(O)ccc2ccccc12. The molecule has 0 aliphatic carbocycles. The van der Waals surface area contributed by atoms with Crippen LogP contribution in [0.15, 0.2) is 72.8 Å². The van der Waals surface area contributed by atoms with E-state index in [1.165, 1.54) is 12.8 Å². The molecular formula is C28H28O3. The van der Waals surface area contributed by atoms with Crippen LogP contribution in [-0.4, -0.2) is 11.1 Å². The van der Waals surface area contributed by atoms with Crippen molar-refractivity contribution in [3.63, 3.8) is 0 Å². The van der Waals surface area contributed by atoms with Gasteiger partial charge in [-0.25, -0.2) is 0 Å². The van der Waals surface area contributed by atoms with E-state index in [9.17, 15) is 9.90 Å². The maximum atomic E-state index is 12.6. The summed E-state index contributed by atoms with van der Waals surface area (Å²) < 4.78 is 5.87. The van der Waals surface area contributed by atoms with Crippen molar-refractivity contribution in [1.82, 2.24) is 0 Å². The molecule has 0 aliphatic heterocycles. The third-order valence-electron chi connectivity index (χ3n) is 5.76. The highest BCUT2D eigenvalue weighted by Gasteiger charge is 2.19. The first kappa shape index (κ1) is 20.9. The average Bonchev–Trinajstić information content (AvgIpc) is 2.79. The number of rotatable bonds is 8. The van der Waals surface area contributed by atoms with Gasteiger partial charge < -0.3 is 9.84 Å². The highest BCUT2D eigenvalue weighted by Crippen LogP contribution is 2.45. The molecule has 0 fully saturated rings. The maximum absolute atomic E-state index is 12.6. The molecule has 0 aliphatic rings. The van der Waals surface area contributed by atoms with Crippen LogP contribution in [0, 0.1) is 0 Å². The molecule has 0 radical (unpaired) electrons. The third-order valence-corrected chi connectivity index (χ3v) is 5.76. The summed E-state index contributed by atoms with van der Waals surface area (Å²) in [6, 6.07) is 23.3. The first-order chi connectivity index (χ1) is 15.2. The van der Waals surface area contributed by atoms with Crippen molar-refractivity contribution in [1.29, 1.82) is 0 Å². The maximum Gasteiger partial charge on any atom is 0.311 e. The van der Waals surface area contributed by atoms with E-state index in [-0.39, 0.29) is 11.7 Å². The van der Waals surface area contributed by atoms with Gasteiger partial charge in [-0.15, -0.1) is 0 Å². The Hall–Kier alpha value is -3.33. The van der Waals surface area contributed by atoms with Crippen molar-refractivity contribution in [2.24, 2.45) is 0 Å². The summed E-state index contributed by atoms with van der Waals surface area (Å²) >= 11 is 0. The van der Waals surface area contributed by atoms with E-state index in [1.54, 1.807) is 6.07 Å². The lowest BCUT2D eigenvalue weighted by Gasteiger charge is -2.16. The molecule has 31 heavy (non-hydrogen) atoms. The quantitative estimate of drug-likeness (QED) is 0.184. The van der Waals surface area contributed by atoms with Gasteiger partial charge in [0.15, 0.2) is 0 Å². The molecule has 0 bridgehead atoms. The number of hydrogen-bond acceptors (Lipinski definition) is 3. The number of fused-ring (bicyclic) bond motifs is 2. The van der Waals surface area contributed by atoms with Crippen LogP contribution in [0.2, 0.25) is 0 Å². The zero-order valence-corrected chi connectivity index (χ0v) is 17.9. The second-order valence-corrected chi connectivity index (χ2v) is 7.98. The molecule has 0 spiro atoms. The lowest BCUT2D eigenvalue weighted by molar-refractivity contribution is -0.134. The summed E-state index contributed by atoms with van der Waals surface area (Å²) in [5.74, 6) is 0.434. The Morgan fingerprint density at radius 2 is 1.35 bits per heavy atom. The van der Waals surface area contributed by atoms with Gasteiger partial charge in [0.1, 0.15) is 11.5 Å². The lowest BCUT2D eigenvalue weighted by atomic mass is 9.92. The van der Waals surface area contributed by atoms with Crippen molar-refractivity contribution in [3.8, 4) is 22.6 Å². The molecule has 0 heterocycles. The van der Waals surface area contributed by atoms with Gasteiger partial charge >= 0.3 is 5.97 Å². The van der Waals surface area contributed by atoms with Gasteiger partial charge in [0.05, 0.1) is 0 Å². The Morgan fingerprint density at radius 3 is 2.06 bits per heavy atom. The van der Waals surface area contributed by atoms with Gasteiger partial charge in [-0.05, 0) is 40.1 Å². The van der Waals surface area contributed by atoms with Crippen molar-refractivity contribution < 1.29 is 14.6 Å². The minimum atomic E-state index is -0.229. The van der Waals surface area contributed by atoms with Gasteiger partial charge in [0.25, 0.3) is 0 Å². The lowest BCUT2D eigenvalue weighted by Crippen LogP contribution is -2.08. The minimum Gasteiger partial charge on any atom is -0.507 e. The Morgan fingerprint density at radius 1 is 0.742 bits per heavy atom. The summed E-state index contributed by atoms with van der Waals surface area (Å²) in [6.07, 6.45) is 5.80. The van der Waals surface area contributed by atoms with Crippen LogP contribution < -0.4 is 4.74 Å². The van der Waals surface area contributed by atoms with Crippen molar-refractivity contribution in [2.75, 3.05) is 0 Å². The molecule has 0 atom stereocenters. The van der Waals surface area contributed by atoms with E-state index in [2.05, 4.69) is 6.92 Å². The summed E-state index contributed by atoms with van der Waals surface area (Å²) in [5.41, 5.74) is 1.45. The van der Waals surface area contributed by atoms with Crippen molar-refractivity contribution in [3.05, 3.63) is 72.8 Å². The largest absolute Gasteiger partial charge is 0.507 e. The van der Waals surface area contributed by atoms with E-state index in [0.29, 0.717) is 17.7 Å². The van der Waals surface area contributed by atoms with Crippen LogP contribution in [0.1, 0.15) is 45.4 Å². The molecule has 4 rings (SSSR count). The normalized spacial score (nSPS) is 11.1. The molecule has 3 nitrogen and oxygen atoms in total. The smallest absolute Gasteiger partial charge is 0.311 e. The number of hydrogen-bond donors (Lipinski definition) is 1. The van der Waals surface area contributed by atoms with E-state index in [1.807, 2.05) is 66.7 Å². The first-order valence-corrected chi connectivity index (χ1v) is 11.1. The van der Waals surface area contributed by atoms with E-state index in [0.717, 1.165) is 46.4 Å². The molecule has 3 heteroatoms. The summed E-state index contributed by atoms with van der Waals surface area (Å²) in [7, 11) is 0. The molecule has 0 unspecified atom stereocenters. The molecule has 4 aromatic carbocycles. The number of esters is 1. The van der Waals surface area contributed by atoms with Crippen LogP contribution in [-0.2, 0) is 4.79 Å². The highest BCUT2D eigenvalue weighted by molar-refractivity contribution is 6.10. The minimum absolute atomic E-state index is 0.173. The Labute approximate surface area is 183 Å². The zero-order chi connectivity index (χ0) is 21.6. The number of phenols is 1. The fourth-order valence-electron chi connectivity index (χ4n) is 4.16. The summed E-state index contributed by atoms with van der Waals surface area (Å²) in [4.78, 5) is 12.6. The number of aromatic hydroxyl groups is 1. The molecule has 0 saturated carbocycles.